The summed E-state index contributed by atoms with van der Waals surface area (Å²) in [5, 5.41) is 4.36. The van der Waals surface area contributed by atoms with E-state index in [0.29, 0.717) is 11.9 Å². The largest absolute Gasteiger partial charge is 0.340 e. The van der Waals surface area contributed by atoms with Crippen molar-refractivity contribution in [2.24, 2.45) is 5.92 Å². The van der Waals surface area contributed by atoms with Crippen molar-refractivity contribution in [2.45, 2.75) is 32.2 Å². The van der Waals surface area contributed by atoms with Crippen molar-refractivity contribution < 1.29 is 4.79 Å². The topological polar surface area (TPSA) is 38.1 Å². The predicted molar refractivity (Wildman–Crippen MR) is 69.1 cm³/mol. The first kappa shape index (κ1) is 11.5. The first-order chi connectivity index (χ1) is 8.74. The zero-order chi connectivity index (χ0) is 12.5. The second-order valence-corrected chi connectivity index (χ2v) is 5.36. The zero-order valence-corrected chi connectivity index (χ0v) is 10.7. The van der Waals surface area contributed by atoms with Crippen molar-refractivity contribution in [3.63, 3.8) is 0 Å². The average molecular weight is 245 g/mol. The molecule has 1 aliphatic carbocycles. The summed E-state index contributed by atoms with van der Waals surface area (Å²) in [5.74, 6) is 0.523. The first-order valence-electron chi connectivity index (χ1n) is 6.68. The van der Waals surface area contributed by atoms with Crippen LogP contribution in [-0.2, 0) is 4.79 Å². The van der Waals surface area contributed by atoms with Crippen LogP contribution in [0.25, 0.3) is 0 Å². The Hall–Kier alpha value is -1.58. The highest BCUT2D eigenvalue weighted by Gasteiger charge is 2.31. The highest BCUT2D eigenvalue weighted by Crippen LogP contribution is 2.26. The summed E-state index contributed by atoms with van der Waals surface area (Å²) in [6, 6.07) is 0.358. The molecule has 96 valence electrons. The number of aromatic nitrogens is 2. The minimum atomic E-state index is 0.197. The number of aryl methyl sites for hydroxylation is 1. The quantitative estimate of drug-likeness (QED) is 0.747. The van der Waals surface area contributed by atoms with Crippen LogP contribution in [0.15, 0.2) is 24.5 Å². The van der Waals surface area contributed by atoms with E-state index in [0.717, 1.165) is 32.4 Å². The molecular formula is C14H19N3O. The third kappa shape index (κ3) is 2.07. The Labute approximate surface area is 107 Å². The van der Waals surface area contributed by atoms with E-state index in [1.807, 2.05) is 22.7 Å². The summed E-state index contributed by atoms with van der Waals surface area (Å²) >= 11 is 0. The van der Waals surface area contributed by atoms with E-state index in [4.69, 9.17) is 0 Å². The van der Waals surface area contributed by atoms with Crippen LogP contribution < -0.4 is 0 Å². The minimum Gasteiger partial charge on any atom is -0.340 e. The maximum atomic E-state index is 12.3. The van der Waals surface area contributed by atoms with Gasteiger partial charge in [-0.1, -0.05) is 12.2 Å². The van der Waals surface area contributed by atoms with Crippen LogP contribution >= 0.6 is 0 Å². The number of rotatable bonds is 2. The Balaban J connectivity index is 1.63. The number of carbonyl (C=O) groups excluding carboxylic acids is 1. The van der Waals surface area contributed by atoms with Gasteiger partial charge in [0.15, 0.2) is 0 Å². The second kappa shape index (κ2) is 4.59. The van der Waals surface area contributed by atoms with E-state index < -0.39 is 0 Å². The number of carbonyl (C=O) groups is 1. The molecule has 1 atom stereocenters. The fourth-order valence-corrected chi connectivity index (χ4v) is 2.87. The lowest BCUT2D eigenvalue weighted by atomic mass is 10.1. The molecule has 2 heterocycles. The van der Waals surface area contributed by atoms with Crippen LogP contribution in [-0.4, -0.2) is 33.7 Å². The van der Waals surface area contributed by atoms with Crippen LogP contribution in [0.1, 0.15) is 30.9 Å². The van der Waals surface area contributed by atoms with Crippen molar-refractivity contribution in [3.05, 3.63) is 30.1 Å². The van der Waals surface area contributed by atoms with Gasteiger partial charge in [0.1, 0.15) is 0 Å². The summed E-state index contributed by atoms with van der Waals surface area (Å²) in [6.45, 7) is 3.74. The summed E-state index contributed by atoms with van der Waals surface area (Å²) < 4.78 is 2.01. The molecule has 4 nitrogen and oxygen atoms in total. The molecule has 0 saturated carbocycles. The summed E-state index contributed by atoms with van der Waals surface area (Å²) in [4.78, 5) is 14.3. The van der Waals surface area contributed by atoms with Gasteiger partial charge in [-0.05, 0) is 31.7 Å². The van der Waals surface area contributed by atoms with E-state index in [1.54, 1.807) is 0 Å². The fraction of sp³-hybridized carbons (Fsp3) is 0.571. The number of nitrogens with zero attached hydrogens (tertiary/aromatic N) is 3. The van der Waals surface area contributed by atoms with Crippen LogP contribution in [0.4, 0.5) is 0 Å². The molecule has 1 saturated heterocycles. The van der Waals surface area contributed by atoms with Crippen molar-refractivity contribution >= 4 is 5.91 Å². The lowest BCUT2D eigenvalue weighted by Gasteiger charge is -2.20. The summed E-state index contributed by atoms with van der Waals surface area (Å²) in [5.41, 5.74) is 1.18. The Kier molecular flexibility index (Phi) is 2.94. The van der Waals surface area contributed by atoms with Gasteiger partial charge in [-0.2, -0.15) is 5.10 Å². The number of likely N-dealkylation sites (tertiary alicyclic amines) is 1. The third-order valence-electron chi connectivity index (χ3n) is 3.94. The van der Waals surface area contributed by atoms with Crippen molar-refractivity contribution in [1.29, 1.82) is 0 Å². The Morgan fingerprint density at radius 1 is 1.39 bits per heavy atom. The molecule has 1 amide bonds. The van der Waals surface area contributed by atoms with E-state index >= 15 is 0 Å². The maximum absolute atomic E-state index is 12.3. The van der Waals surface area contributed by atoms with Crippen LogP contribution in [0, 0.1) is 12.8 Å². The highest BCUT2D eigenvalue weighted by atomic mass is 16.2. The summed E-state index contributed by atoms with van der Waals surface area (Å²) in [7, 11) is 0. The zero-order valence-electron chi connectivity index (χ0n) is 10.7. The van der Waals surface area contributed by atoms with Crippen LogP contribution in [0.2, 0.25) is 0 Å². The predicted octanol–water partition coefficient (Wildman–Crippen LogP) is 1.93. The van der Waals surface area contributed by atoms with Gasteiger partial charge in [-0.3, -0.25) is 9.48 Å². The van der Waals surface area contributed by atoms with Crippen LogP contribution in [0.5, 0.6) is 0 Å². The number of amides is 1. The average Bonchev–Trinajstić information content (AvgIpc) is 3.09. The van der Waals surface area contributed by atoms with E-state index in [1.165, 1.54) is 5.56 Å². The molecule has 2 aliphatic rings. The van der Waals surface area contributed by atoms with Crippen molar-refractivity contribution in [2.75, 3.05) is 13.1 Å². The normalized spacial score (nSPS) is 24.1. The molecule has 0 aromatic carbocycles. The van der Waals surface area contributed by atoms with Gasteiger partial charge in [0.05, 0.1) is 12.2 Å². The molecule has 1 aromatic heterocycles. The van der Waals surface area contributed by atoms with Gasteiger partial charge in [0.25, 0.3) is 0 Å². The van der Waals surface area contributed by atoms with Crippen LogP contribution in [0.3, 0.4) is 0 Å². The van der Waals surface area contributed by atoms with Crippen molar-refractivity contribution in [1.82, 2.24) is 14.7 Å². The third-order valence-corrected chi connectivity index (χ3v) is 3.94. The lowest BCUT2D eigenvalue weighted by molar-refractivity contribution is -0.134. The van der Waals surface area contributed by atoms with E-state index in [9.17, 15) is 4.79 Å². The van der Waals surface area contributed by atoms with Gasteiger partial charge < -0.3 is 4.90 Å². The second-order valence-electron chi connectivity index (χ2n) is 5.36. The monoisotopic (exact) mass is 245 g/mol. The number of allylic oxidation sites excluding steroid dienone is 2. The molecule has 0 N–H and O–H groups in total. The highest BCUT2D eigenvalue weighted by molar-refractivity contribution is 5.80. The SMILES string of the molecule is Cc1cnn(C2CCN(C(=O)C3CC=CC3)C2)c1. The fourth-order valence-electron chi connectivity index (χ4n) is 2.87. The molecule has 0 spiro atoms. The maximum Gasteiger partial charge on any atom is 0.226 e. The van der Waals surface area contributed by atoms with E-state index in [-0.39, 0.29) is 5.92 Å². The number of hydrogen-bond acceptors (Lipinski definition) is 2. The van der Waals surface area contributed by atoms with Gasteiger partial charge in [-0.25, -0.2) is 0 Å². The summed E-state index contributed by atoms with van der Waals surface area (Å²) in [6.07, 6.45) is 11.0. The standard InChI is InChI=1S/C14H19N3O/c1-11-8-15-17(9-11)13-6-7-16(10-13)14(18)12-4-2-3-5-12/h2-3,8-9,12-13H,4-7,10H2,1H3. The first-order valence-corrected chi connectivity index (χ1v) is 6.68. The smallest absolute Gasteiger partial charge is 0.226 e. The van der Waals surface area contributed by atoms with Gasteiger partial charge >= 0.3 is 0 Å². The van der Waals surface area contributed by atoms with Gasteiger partial charge in [-0.15, -0.1) is 0 Å². The molecule has 1 aliphatic heterocycles. The van der Waals surface area contributed by atoms with Crippen molar-refractivity contribution in [3.8, 4) is 0 Å². The molecule has 0 bridgehead atoms. The molecule has 1 fully saturated rings. The molecule has 1 aromatic rings. The molecule has 4 heteroatoms. The Bertz CT molecular complexity index is 469. The van der Waals surface area contributed by atoms with Gasteiger partial charge in [0, 0.05) is 25.2 Å². The molecule has 0 radical (unpaired) electrons. The Morgan fingerprint density at radius 2 is 2.17 bits per heavy atom. The van der Waals surface area contributed by atoms with E-state index in [2.05, 4.69) is 23.4 Å². The lowest BCUT2D eigenvalue weighted by Crippen LogP contribution is -2.33. The minimum absolute atomic E-state index is 0.197. The number of hydrogen-bond donors (Lipinski definition) is 0. The molecular weight excluding hydrogens is 226 g/mol. The van der Waals surface area contributed by atoms with Gasteiger partial charge in [0.2, 0.25) is 5.91 Å². The Morgan fingerprint density at radius 3 is 2.83 bits per heavy atom. The molecule has 3 rings (SSSR count). The molecule has 18 heavy (non-hydrogen) atoms. The molecule has 1 unspecified atom stereocenters.